The molecule has 202 valence electrons. The largest absolute Gasteiger partial charge is 0.478 e. The summed E-state index contributed by atoms with van der Waals surface area (Å²) in [7, 11) is 0. The van der Waals surface area contributed by atoms with Crippen molar-refractivity contribution in [1.82, 2.24) is 9.47 Å². The van der Waals surface area contributed by atoms with Gasteiger partial charge in [0.25, 0.3) is 0 Å². The van der Waals surface area contributed by atoms with Crippen molar-refractivity contribution in [3.8, 4) is 11.3 Å². The lowest BCUT2D eigenvalue weighted by molar-refractivity contribution is 0.0697. The molecule has 2 fully saturated rings. The summed E-state index contributed by atoms with van der Waals surface area (Å²) in [6, 6.07) is 12.9. The Bertz CT molecular complexity index is 1300. The van der Waals surface area contributed by atoms with Gasteiger partial charge in [0.1, 0.15) is 0 Å². The monoisotopic (exact) mass is 531 g/mol. The van der Waals surface area contributed by atoms with E-state index in [9.17, 15) is 9.90 Å². The Hall–Kier alpha value is -2.44. The molecule has 1 saturated heterocycles. The van der Waals surface area contributed by atoms with E-state index in [0.717, 1.165) is 31.7 Å². The smallest absolute Gasteiger partial charge is 0.335 e. The fraction of sp³-hybridized carbons (Fsp3) is 0.531. The summed E-state index contributed by atoms with van der Waals surface area (Å²) >= 11 is 1.81. The molecule has 3 aliphatic rings. The van der Waals surface area contributed by atoms with Gasteiger partial charge >= 0.3 is 5.97 Å². The lowest BCUT2D eigenvalue weighted by atomic mass is 9.81. The highest BCUT2D eigenvalue weighted by molar-refractivity contribution is 7.98. The average Bonchev–Trinajstić information content (AvgIpc) is 3.09. The van der Waals surface area contributed by atoms with Gasteiger partial charge in [0.05, 0.1) is 11.3 Å². The van der Waals surface area contributed by atoms with E-state index in [1.54, 1.807) is 0 Å². The fourth-order valence-electron chi connectivity index (χ4n) is 7.13. The molecule has 3 aromatic rings. The molecular weight excluding hydrogens is 490 g/mol. The second-order valence-corrected chi connectivity index (χ2v) is 12.3. The Morgan fingerprint density at radius 2 is 1.66 bits per heavy atom. The van der Waals surface area contributed by atoms with Gasteiger partial charge in [-0.1, -0.05) is 38.2 Å². The molecule has 0 radical (unpaired) electrons. The maximum Gasteiger partial charge on any atom is 0.335 e. The van der Waals surface area contributed by atoms with Crippen LogP contribution in [-0.4, -0.2) is 59.5 Å². The molecule has 1 N–H and O–H groups in total. The third kappa shape index (κ3) is 4.98. The summed E-state index contributed by atoms with van der Waals surface area (Å²) in [5.74, 6) is -0.311. The highest BCUT2D eigenvalue weighted by Crippen LogP contribution is 2.48. The van der Waals surface area contributed by atoms with Crippen molar-refractivity contribution in [2.45, 2.75) is 75.1 Å². The maximum absolute atomic E-state index is 11.9. The summed E-state index contributed by atoms with van der Waals surface area (Å²) in [5.41, 5.74) is 6.95. The second kappa shape index (κ2) is 11.4. The number of hydrogen-bond acceptors (Lipinski definition) is 4. The van der Waals surface area contributed by atoms with Crippen molar-refractivity contribution in [2.75, 3.05) is 43.9 Å². The molecule has 5 nitrogen and oxygen atoms in total. The molecule has 2 aliphatic heterocycles. The first-order valence-electron chi connectivity index (χ1n) is 14.7. The second-order valence-electron chi connectivity index (χ2n) is 11.4. The lowest BCUT2D eigenvalue weighted by Gasteiger charge is -2.29. The zero-order valence-corrected chi connectivity index (χ0v) is 23.6. The van der Waals surface area contributed by atoms with Gasteiger partial charge in [-0.15, -0.1) is 11.8 Å². The molecule has 1 saturated carbocycles. The molecule has 38 heavy (non-hydrogen) atoms. The van der Waals surface area contributed by atoms with E-state index in [1.807, 2.05) is 23.9 Å². The standard InChI is InChI=1S/C32H41N3O2S/c1-38-25-12-14-27-28(22-25)34(18-17-33-15-7-2-3-8-16-33)19-20-35-29-21-24(32(36)37)11-13-26(29)30(31(27)35)23-9-5-4-6-10-23/h11-14,21-23H,2-10,15-20H2,1H3,(H,36,37). The predicted octanol–water partition coefficient (Wildman–Crippen LogP) is 7.47. The van der Waals surface area contributed by atoms with E-state index in [1.165, 1.54) is 104 Å². The van der Waals surface area contributed by atoms with Crippen molar-refractivity contribution in [2.24, 2.45) is 0 Å². The Balaban J connectivity index is 1.47. The number of likely N-dealkylation sites (tertiary alicyclic amines) is 1. The number of aromatic nitrogens is 1. The Labute approximate surface area is 231 Å². The first-order valence-corrected chi connectivity index (χ1v) is 15.9. The first-order chi connectivity index (χ1) is 18.6. The van der Waals surface area contributed by atoms with Crippen LogP contribution in [0.1, 0.15) is 79.6 Å². The maximum atomic E-state index is 11.9. The van der Waals surface area contributed by atoms with E-state index < -0.39 is 5.97 Å². The van der Waals surface area contributed by atoms with E-state index in [0.29, 0.717) is 11.5 Å². The summed E-state index contributed by atoms with van der Waals surface area (Å²) in [5, 5.41) is 11.1. The molecule has 0 spiro atoms. The molecular formula is C32H41N3O2S. The Morgan fingerprint density at radius 1 is 0.895 bits per heavy atom. The predicted molar refractivity (Wildman–Crippen MR) is 159 cm³/mol. The average molecular weight is 532 g/mol. The number of carboxylic acid groups (broad SMARTS) is 1. The summed E-state index contributed by atoms with van der Waals surface area (Å²) in [6.07, 6.45) is 13.9. The SMILES string of the molecule is CSc1ccc2c(c1)N(CCN1CCCCCC1)CCn1c-2c(C2CCCCC2)c2ccc(C(=O)O)cc21. The van der Waals surface area contributed by atoms with Crippen molar-refractivity contribution >= 4 is 34.3 Å². The van der Waals surface area contributed by atoms with E-state index in [4.69, 9.17) is 0 Å². The van der Waals surface area contributed by atoms with Crippen molar-refractivity contribution in [3.05, 3.63) is 47.5 Å². The van der Waals surface area contributed by atoms with Gasteiger partial charge in [0.15, 0.2) is 0 Å². The number of rotatable bonds is 6. The molecule has 3 heterocycles. The van der Waals surface area contributed by atoms with Gasteiger partial charge in [0.2, 0.25) is 0 Å². The molecule has 0 bridgehead atoms. The van der Waals surface area contributed by atoms with Crippen molar-refractivity contribution < 1.29 is 9.90 Å². The van der Waals surface area contributed by atoms with Gasteiger partial charge in [-0.05, 0) is 86.8 Å². The van der Waals surface area contributed by atoms with Crippen LogP contribution in [0.4, 0.5) is 5.69 Å². The van der Waals surface area contributed by atoms with Gasteiger partial charge in [-0.2, -0.15) is 0 Å². The lowest BCUT2D eigenvalue weighted by Crippen LogP contribution is -2.37. The highest BCUT2D eigenvalue weighted by atomic mass is 32.2. The molecule has 2 aromatic carbocycles. The zero-order chi connectivity index (χ0) is 26.1. The molecule has 0 unspecified atom stereocenters. The quantitative estimate of drug-likeness (QED) is 0.334. The zero-order valence-electron chi connectivity index (χ0n) is 22.8. The number of carboxylic acids is 1. The van der Waals surface area contributed by atoms with E-state index in [-0.39, 0.29) is 0 Å². The third-order valence-corrected chi connectivity index (χ3v) is 9.87. The Morgan fingerprint density at radius 3 is 2.39 bits per heavy atom. The fourth-order valence-corrected chi connectivity index (χ4v) is 7.57. The molecule has 6 heteroatoms. The number of anilines is 1. The summed E-state index contributed by atoms with van der Waals surface area (Å²) in [4.78, 5) is 18.5. The van der Waals surface area contributed by atoms with Crippen LogP contribution in [0.25, 0.3) is 22.2 Å². The number of thioether (sulfide) groups is 1. The third-order valence-electron chi connectivity index (χ3n) is 9.14. The van der Waals surface area contributed by atoms with Crippen LogP contribution in [-0.2, 0) is 6.54 Å². The number of benzene rings is 2. The van der Waals surface area contributed by atoms with E-state index >= 15 is 0 Å². The number of hydrogen-bond donors (Lipinski definition) is 1. The Kier molecular flexibility index (Phi) is 7.71. The number of nitrogens with zero attached hydrogens (tertiary/aromatic N) is 3. The van der Waals surface area contributed by atoms with E-state index in [2.05, 4.69) is 44.9 Å². The van der Waals surface area contributed by atoms with Crippen molar-refractivity contribution in [1.29, 1.82) is 0 Å². The van der Waals surface area contributed by atoms with Gasteiger partial charge in [-0.3, -0.25) is 0 Å². The minimum absolute atomic E-state index is 0.383. The normalized spacial score (nSPS) is 19.1. The molecule has 6 rings (SSSR count). The van der Waals surface area contributed by atoms with Gasteiger partial charge < -0.3 is 19.5 Å². The summed E-state index contributed by atoms with van der Waals surface area (Å²) in [6.45, 7) is 6.41. The van der Waals surface area contributed by atoms with Crippen LogP contribution in [0.2, 0.25) is 0 Å². The van der Waals surface area contributed by atoms with Crippen LogP contribution < -0.4 is 4.90 Å². The molecule has 1 aromatic heterocycles. The first kappa shape index (κ1) is 25.8. The number of fused-ring (bicyclic) bond motifs is 5. The van der Waals surface area contributed by atoms with Crippen LogP contribution >= 0.6 is 11.8 Å². The highest BCUT2D eigenvalue weighted by Gasteiger charge is 2.31. The minimum Gasteiger partial charge on any atom is -0.478 e. The topological polar surface area (TPSA) is 48.7 Å². The number of carbonyl (C=O) groups is 1. The van der Waals surface area contributed by atoms with Gasteiger partial charge in [0, 0.05) is 53.2 Å². The molecule has 0 amide bonds. The minimum atomic E-state index is -0.848. The number of aromatic carboxylic acids is 1. The summed E-state index contributed by atoms with van der Waals surface area (Å²) < 4.78 is 2.47. The van der Waals surface area contributed by atoms with Crippen LogP contribution in [0, 0.1) is 0 Å². The molecule has 0 atom stereocenters. The molecule has 1 aliphatic carbocycles. The van der Waals surface area contributed by atoms with Crippen molar-refractivity contribution in [3.63, 3.8) is 0 Å². The van der Waals surface area contributed by atoms with Crippen LogP contribution in [0.5, 0.6) is 0 Å². The van der Waals surface area contributed by atoms with Crippen LogP contribution in [0.15, 0.2) is 41.3 Å². The van der Waals surface area contributed by atoms with Gasteiger partial charge in [-0.25, -0.2) is 4.79 Å². The van der Waals surface area contributed by atoms with Crippen LogP contribution in [0.3, 0.4) is 0 Å².